The molecule has 1 aromatic heterocycles. The van der Waals surface area contributed by atoms with Crippen molar-refractivity contribution in [2.45, 2.75) is 13.0 Å². The fourth-order valence-corrected chi connectivity index (χ4v) is 2.28. The smallest absolute Gasteiger partial charge is 0.191 e. The van der Waals surface area contributed by atoms with Gasteiger partial charge in [0.05, 0.1) is 18.8 Å². The topological polar surface area (TPSA) is 57.5 Å². The van der Waals surface area contributed by atoms with Gasteiger partial charge < -0.3 is 15.5 Å². The molecule has 0 radical (unpaired) electrons. The number of hydrogen-bond donors (Lipinski definition) is 2. The lowest BCUT2D eigenvalue weighted by molar-refractivity contribution is 0.306. The van der Waals surface area contributed by atoms with Gasteiger partial charge in [-0.1, -0.05) is 0 Å². The summed E-state index contributed by atoms with van der Waals surface area (Å²) in [6.45, 7) is 4.57. The maximum atomic E-state index is 4.70. The highest BCUT2D eigenvalue weighted by Gasteiger charge is 2.15. The molecule has 1 rings (SSSR count). The van der Waals surface area contributed by atoms with E-state index in [1.165, 1.54) is 5.56 Å². The fraction of sp³-hybridized carbons (Fsp3) is 0.714. The SMILES string of the molecule is CCNC(=NCC(c1cnn(C)c1)N(C)C)NCCSC. The first kappa shape index (κ1) is 17.8. The molecule has 0 fully saturated rings. The summed E-state index contributed by atoms with van der Waals surface area (Å²) in [5.41, 5.74) is 1.19. The number of rotatable bonds is 8. The van der Waals surface area contributed by atoms with Crippen LogP contribution < -0.4 is 10.6 Å². The Kier molecular flexibility index (Phi) is 8.22. The number of likely N-dealkylation sites (N-methyl/N-ethyl adjacent to an activating group) is 1. The molecule has 0 spiro atoms. The Labute approximate surface area is 132 Å². The normalized spacial score (nSPS) is 13.5. The monoisotopic (exact) mass is 312 g/mol. The van der Waals surface area contributed by atoms with Crippen molar-refractivity contribution in [1.82, 2.24) is 25.3 Å². The molecule has 0 aliphatic carbocycles. The van der Waals surface area contributed by atoms with Gasteiger partial charge in [0, 0.05) is 37.7 Å². The number of aliphatic imine (C=N–C) groups is 1. The van der Waals surface area contributed by atoms with E-state index < -0.39 is 0 Å². The van der Waals surface area contributed by atoms with Gasteiger partial charge in [-0.25, -0.2) is 0 Å². The summed E-state index contributed by atoms with van der Waals surface area (Å²) in [5.74, 6) is 1.95. The van der Waals surface area contributed by atoms with Crippen molar-refractivity contribution in [1.29, 1.82) is 0 Å². The van der Waals surface area contributed by atoms with Gasteiger partial charge in [0.2, 0.25) is 0 Å². The predicted octanol–water partition coefficient (Wildman–Crippen LogP) is 0.941. The Morgan fingerprint density at radius 3 is 2.76 bits per heavy atom. The van der Waals surface area contributed by atoms with Crippen LogP contribution in [0.2, 0.25) is 0 Å². The Bertz CT molecular complexity index is 429. The minimum Gasteiger partial charge on any atom is -0.357 e. The Balaban J connectivity index is 2.69. The molecule has 0 saturated carbocycles. The number of aryl methyl sites for hydroxylation is 1. The number of thioether (sulfide) groups is 1. The summed E-state index contributed by atoms with van der Waals surface area (Å²) in [4.78, 5) is 6.87. The molecule has 0 amide bonds. The van der Waals surface area contributed by atoms with Gasteiger partial charge in [0.25, 0.3) is 0 Å². The van der Waals surface area contributed by atoms with Gasteiger partial charge in [0.1, 0.15) is 0 Å². The highest BCUT2D eigenvalue weighted by atomic mass is 32.2. The van der Waals surface area contributed by atoms with E-state index in [4.69, 9.17) is 4.99 Å². The molecular weight excluding hydrogens is 284 g/mol. The lowest BCUT2D eigenvalue weighted by atomic mass is 10.1. The third-order valence-electron chi connectivity index (χ3n) is 3.10. The lowest BCUT2D eigenvalue weighted by Gasteiger charge is -2.22. The van der Waals surface area contributed by atoms with Gasteiger partial charge >= 0.3 is 0 Å². The van der Waals surface area contributed by atoms with E-state index in [1.807, 2.05) is 35.9 Å². The molecule has 0 saturated heterocycles. The summed E-state index contributed by atoms with van der Waals surface area (Å²) in [6.07, 6.45) is 6.07. The number of nitrogens with zero attached hydrogens (tertiary/aromatic N) is 4. The molecule has 6 nitrogen and oxygen atoms in total. The molecule has 0 aliphatic rings. The zero-order valence-corrected chi connectivity index (χ0v) is 14.6. The quantitative estimate of drug-likeness (QED) is 0.425. The van der Waals surface area contributed by atoms with Crippen LogP contribution in [-0.2, 0) is 7.05 Å². The van der Waals surface area contributed by atoms with E-state index in [9.17, 15) is 0 Å². The van der Waals surface area contributed by atoms with Crippen LogP contribution in [0, 0.1) is 0 Å². The molecule has 0 aromatic carbocycles. The van der Waals surface area contributed by atoms with Crippen molar-refractivity contribution in [2.24, 2.45) is 12.0 Å². The molecule has 1 aromatic rings. The second-order valence-electron chi connectivity index (χ2n) is 5.07. The molecule has 1 unspecified atom stereocenters. The molecule has 2 N–H and O–H groups in total. The number of hydrogen-bond acceptors (Lipinski definition) is 4. The van der Waals surface area contributed by atoms with Crippen LogP contribution in [0.15, 0.2) is 17.4 Å². The molecule has 21 heavy (non-hydrogen) atoms. The summed E-state index contributed by atoms with van der Waals surface area (Å²) in [7, 11) is 6.08. The first-order valence-electron chi connectivity index (χ1n) is 7.24. The largest absolute Gasteiger partial charge is 0.357 e. The van der Waals surface area contributed by atoms with E-state index in [2.05, 4.69) is 47.9 Å². The lowest BCUT2D eigenvalue weighted by Crippen LogP contribution is -2.39. The van der Waals surface area contributed by atoms with Crippen molar-refractivity contribution in [3.8, 4) is 0 Å². The van der Waals surface area contributed by atoms with Crippen LogP contribution in [0.1, 0.15) is 18.5 Å². The highest BCUT2D eigenvalue weighted by Crippen LogP contribution is 2.17. The van der Waals surface area contributed by atoms with Crippen LogP contribution in [-0.4, -0.2) is 66.4 Å². The van der Waals surface area contributed by atoms with E-state index in [1.54, 1.807) is 0 Å². The van der Waals surface area contributed by atoms with Crippen molar-refractivity contribution in [3.63, 3.8) is 0 Å². The van der Waals surface area contributed by atoms with Crippen LogP contribution in [0.5, 0.6) is 0 Å². The second-order valence-corrected chi connectivity index (χ2v) is 6.05. The third kappa shape index (κ3) is 6.39. The zero-order valence-electron chi connectivity index (χ0n) is 13.8. The predicted molar refractivity (Wildman–Crippen MR) is 92.0 cm³/mol. The minimum atomic E-state index is 0.231. The molecule has 1 atom stereocenters. The average Bonchev–Trinajstić information content (AvgIpc) is 2.85. The van der Waals surface area contributed by atoms with Gasteiger partial charge in [-0.05, 0) is 27.3 Å². The van der Waals surface area contributed by atoms with Crippen LogP contribution in [0.25, 0.3) is 0 Å². The van der Waals surface area contributed by atoms with E-state index in [0.29, 0.717) is 6.54 Å². The number of aromatic nitrogens is 2. The maximum absolute atomic E-state index is 4.70. The molecule has 7 heteroatoms. The Hall–Kier alpha value is -1.21. The standard InChI is InChI=1S/C14H28N6S/c1-6-15-14(16-7-8-21-5)17-10-13(19(2)3)12-9-18-20(4)11-12/h9,11,13H,6-8,10H2,1-5H3,(H2,15,16,17). The van der Waals surface area contributed by atoms with Gasteiger partial charge in [-0.2, -0.15) is 16.9 Å². The van der Waals surface area contributed by atoms with Crippen molar-refractivity contribution < 1.29 is 0 Å². The molecule has 0 bridgehead atoms. The Morgan fingerprint density at radius 1 is 1.48 bits per heavy atom. The molecule has 0 aliphatic heterocycles. The fourth-order valence-electron chi connectivity index (χ4n) is 1.97. The van der Waals surface area contributed by atoms with Gasteiger partial charge in [0.15, 0.2) is 5.96 Å². The van der Waals surface area contributed by atoms with E-state index >= 15 is 0 Å². The van der Waals surface area contributed by atoms with Crippen molar-refractivity contribution in [3.05, 3.63) is 18.0 Å². The van der Waals surface area contributed by atoms with Crippen LogP contribution >= 0.6 is 11.8 Å². The van der Waals surface area contributed by atoms with Crippen LogP contribution in [0.3, 0.4) is 0 Å². The molecule has 1 heterocycles. The van der Waals surface area contributed by atoms with E-state index in [-0.39, 0.29) is 6.04 Å². The molecule has 120 valence electrons. The number of guanidine groups is 1. The summed E-state index contributed by atoms with van der Waals surface area (Å²) < 4.78 is 1.83. The minimum absolute atomic E-state index is 0.231. The maximum Gasteiger partial charge on any atom is 0.191 e. The first-order valence-corrected chi connectivity index (χ1v) is 8.64. The van der Waals surface area contributed by atoms with E-state index in [0.717, 1.165) is 24.8 Å². The van der Waals surface area contributed by atoms with Gasteiger partial charge in [-0.15, -0.1) is 0 Å². The van der Waals surface area contributed by atoms with Crippen molar-refractivity contribution in [2.75, 3.05) is 45.7 Å². The van der Waals surface area contributed by atoms with Crippen LogP contribution in [0.4, 0.5) is 0 Å². The summed E-state index contributed by atoms with van der Waals surface area (Å²) in [6, 6.07) is 0.231. The summed E-state index contributed by atoms with van der Waals surface area (Å²) >= 11 is 1.83. The third-order valence-corrected chi connectivity index (χ3v) is 3.71. The highest BCUT2D eigenvalue weighted by molar-refractivity contribution is 7.98. The Morgan fingerprint density at radius 2 is 2.24 bits per heavy atom. The second kappa shape index (κ2) is 9.68. The molecular formula is C14H28N6S. The summed E-state index contributed by atoms with van der Waals surface area (Å²) in [5, 5.41) is 10.9. The van der Waals surface area contributed by atoms with Gasteiger partial charge in [-0.3, -0.25) is 9.67 Å². The first-order chi connectivity index (χ1) is 10.1. The average molecular weight is 312 g/mol. The zero-order chi connectivity index (χ0) is 15.7. The number of nitrogens with one attached hydrogen (secondary N) is 2. The van der Waals surface area contributed by atoms with Crippen molar-refractivity contribution >= 4 is 17.7 Å².